The molecule has 2 heterocycles. The first-order valence-electron chi connectivity index (χ1n) is 9.08. The van der Waals surface area contributed by atoms with Crippen molar-refractivity contribution in [2.75, 3.05) is 37.7 Å². The Hall–Kier alpha value is -2.54. The smallest absolute Gasteiger partial charge is 0.270 e. The number of amides is 1. The van der Waals surface area contributed by atoms with Crippen LogP contribution in [0.4, 0.5) is 10.3 Å². The fourth-order valence-electron chi connectivity index (χ4n) is 3.07. The van der Waals surface area contributed by atoms with Crippen LogP contribution in [0.1, 0.15) is 35.6 Å². The van der Waals surface area contributed by atoms with Crippen LogP contribution in [-0.2, 0) is 10.2 Å². The van der Waals surface area contributed by atoms with Crippen molar-refractivity contribution in [3.63, 3.8) is 0 Å². The summed E-state index contributed by atoms with van der Waals surface area (Å²) in [5, 5.41) is 2.88. The number of rotatable bonds is 5. The molecule has 6 nitrogen and oxygen atoms in total. The molecule has 0 radical (unpaired) electrons. The summed E-state index contributed by atoms with van der Waals surface area (Å²) in [5.74, 6) is -0.0273. The Bertz CT molecular complexity index is 819. The monoisotopic (exact) mass is 372 g/mol. The molecule has 0 unspecified atom stereocenters. The highest BCUT2D eigenvalue weighted by Crippen LogP contribution is 2.25. The SMILES string of the molecule is Cc1cc(C(=O)NCC(C)(C)c2ccccc2F)nc(N2CCOCC2)n1. The summed E-state index contributed by atoms with van der Waals surface area (Å²) >= 11 is 0. The van der Waals surface area contributed by atoms with E-state index >= 15 is 0 Å². The second-order valence-electron chi connectivity index (χ2n) is 7.34. The molecule has 7 heteroatoms. The summed E-state index contributed by atoms with van der Waals surface area (Å²) in [7, 11) is 0. The van der Waals surface area contributed by atoms with Crippen molar-refractivity contribution >= 4 is 11.9 Å². The van der Waals surface area contributed by atoms with E-state index in [1.807, 2.05) is 25.7 Å². The summed E-state index contributed by atoms with van der Waals surface area (Å²) in [6.45, 7) is 8.57. The molecule has 0 atom stereocenters. The quantitative estimate of drug-likeness (QED) is 0.873. The van der Waals surface area contributed by atoms with Gasteiger partial charge in [-0.05, 0) is 24.6 Å². The molecule has 1 aliphatic heterocycles. The standard InChI is InChI=1S/C20H25FN4O2/c1-14-12-17(24-19(23-14)25-8-10-27-11-9-25)18(26)22-13-20(2,3)15-6-4-5-7-16(15)21/h4-7,12H,8-11,13H2,1-3H3,(H,22,26). The lowest BCUT2D eigenvalue weighted by atomic mass is 9.84. The molecular formula is C20H25FN4O2. The predicted molar refractivity (Wildman–Crippen MR) is 102 cm³/mol. The van der Waals surface area contributed by atoms with E-state index in [1.165, 1.54) is 6.07 Å². The van der Waals surface area contributed by atoms with Crippen LogP contribution in [0, 0.1) is 12.7 Å². The van der Waals surface area contributed by atoms with E-state index in [9.17, 15) is 9.18 Å². The minimum Gasteiger partial charge on any atom is -0.378 e. The third-order valence-corrected chi connectivity index (χ3v) is 4.66. The zero-order valence-electron chi connectivity index (χ0n) is 16.0. The number of carbonyl (C=O) groups excluding carboxylic acids is 1. The molecule has 1 amide bonds. The van der Waals surface area contributed by atoms with Crippen molar-refractivity contribution < 1.29 is 13.9 Å². The highest BCUT2D eigenvalue weighted by atomic mass is 19.1. The summed E-state index contributed by atoms with van der Waals surface area (Å²) in [6, 6.07) is 8.29. The normalized spacial score (nSPS) is 14.9. The van der Waals surface area contributed by atoms with Gasteiger partial charge in [0.05, 0.1) is 13.2 Å². The van der Waals surface area contributed by atoms with Gasteiger partial charge in [-0.15, -0.1) is 0 Å². The average Bonchev–Trinajstić information content (AvgIpc) is 2.66. The number of aryl methyl sites for hydroxylation is 1. The fourth-order valence-corrected chi connectivity index (χ4v) is 3.07. The van der Waals surface area contributed by atoms with Gasteiger partial charge in [-0.1, -0.05) is 32.0 Å². The molecular weight excluding hydrogens is 347 g/mol. The minimum absolute atomic E-state index is 0.274. The van der Waals surface area contributed by atoms with Crippen LogP contribution in [0.2, 0.25) is 0 Å². The first-order valence-corrected chi connectivity index (χ1v) is 9.08. The van der Waals surface area contributed by atoms with Gasteiger partial charge in [0, 0.05) is 30.7 Å². The fraction of sp³-hybridized carbons (Fsp3) is 0.450. The van der Waals surface area contributed by atoms with Crippen LogP contribution < -0.4 is 10.2 Å². The van der Waals surface area contributed by atoms with Crippen LogP contribution in [0.15, 0.2) is 30.3 Å². The zero-order chi connectivity index (χ0) is 19.4. The van der Waals surface area contributed by atoms with E-state index in [4.69, 9.17) is 4.74 Å². The van der Waals surface area contributed by atoms with Gasteiger partial charge in [-0.3, -0.25) is 4.79 Å². The summed E-state index contributed by atoms with van der Waals surface area (Å²) in [4.78, 5) is 23.5. The number of hydrogen-bond acceptors (Lipinski definition) is 5. The van der Waals surface area contributed by atoms with E-state index in [0.29, 0.717) is 50.1 Å². The zero-order valence-corrected chi connectivity index (χ0v) is 16.0. The van der Waals surface area contributed by atoms with Crippen LogP contribution in [0.25, 0.3) is 0 Å². The average molecular weight is 372 g/mol. The van der Waals surface area contributed by atoms with E-state index in [-0.39, 0.29) is 11.7 Å². The molecule has 1 aromatic carbocycles. The Morgan fingerprint density at radius 3 is 2.67 bits per heavy atom. The number of hydrogen-bond donors (Lipinski definition) is 1. The molecule has 1 saturated heterocycles. The van der Waals surface area contributed by atoms with Gasteiger partial charge in [0.1, 0.15) is 11.5 Å². The molecule has 0 bridgehead atoms. The Balaban J connectivity index is 1.72. The van der Waals surface area contributed by atoms with Gasteiger partial charge in [0.2, 0.25) is 5.95 Å². The first-order chi connectivity index (χ1) is 12.9. The Morgan fingerprint density at radius 1 is 1.26 bits per heavy atom. The third-order valence-electron chi connectivity index (χ3n) is 4.66. The molecule has 1 aromatic heterocycles. The molecule has 0 aliphatic carbocycles. The number of aromatic nitrogens is 2. The molecule has 27 heavy (non-hydrogen) atoms. The number of benzene rings is 1. The van der Waals surface area contributed by atoms with E-state index in [1.54, 1.807) is 24.3 Å². The van der Waals surface area contributed by atoms with E-state index < -0.39 is 5.41 Å². The van der Waals surface area contributed by atoms with E-state index in [0.717, 1.165) is 5.69 Å². The number of morpholine rings is 1. The number of ether oxygens (including phenoxy) is 1. The maximum absolute atomic E-state index is 14.1. The second-order valence-corrected chi connectivity index (χ2v) is 7.34. The molecule has 144 valence electrons. The van der Waals surface area contributed by atoms with Crippen molar-refractivity contribution in [3.8, 4) is 0 Å². The highest BCUT2D eigenvalue weighted by Gasteiger charge is 2.25. The van der Waals surface area contributed by atoms with Gasteiger partial charge >= 0.3 is 0 Å². The number of nitrogens with one attached hydrogen (secondary N) is 1. The summed E-state index contributed by atoms with van der Waals surface area (Å²) < 4.78 is 19.4. The van der Waals surface area contributed by atoms with Gasteiger partial charge in [-0.25, -0.2) is 14.4 Å². The largest absolute Gasteiger partial charge is 0.378 e. The Labute approximate surface area is 158 Å². The van der Waals surface area contributed by atoms with Gasteiger partial charge < -0.3 is 15.0 Å². The lowest BCUT2D eigenvalue weighted by Crippen LogP contribution is -2.39. The maximum atomic E-state index is 14.1. The van der Waals surface area contributed by atoms with Crippen molar-refractivity contribution in [1.82, 2.24) is 15.3 Å². The predicted octanol–water partition coefficient (Wildman–Crippen LogP) is 2.47. The van der Waals surface area contributed by atoms with Gasteiger partial charge in [0.15, 0.2) is 0 Å². The Morgan fingerprint density at radius 2 is 1.96 bits per heavy atom. The molecule has 1 fully saturated rings. The van der Waals surface area contributed by atoms with Crippen LogP contribution in [-0.4, -0.2) is 48.7 Å². The third kappa shape index (κ3) is 4.60. The minimum atomic E-state index is -0.546. The molecule has 0 saturated carbocycles. The molecule has 3 rings (SSSR count). The lowest BCUT2D eigenvalue weighted by Gasteiger charge is -2.27. The first kappa shape index (κ1) is 19.2. The number of carbonyl (C=O) groups is 1. The maximum Gasteiger partial charge on any atom is 0.270 e. The van der Waals surface area contributed by atoms with E-state index in [2.05, 4.69) is 15.3 Å². The van der Waals surface area contributed by atoms with Crippen molar-refractivity contribution in [2.24, 2.45) is 0 Å². The second kappa shape index (κ2) is 8.00. The Kier molecular flexibility index (Phi) is 5.70. The highest BCUT2D eigenvalue weighted by molar-refractivity contribution is 5.92. The lowest BCUT2D eigenvalue weighted by molar-refractivity contribution is 0.0940. The molecule has 1 N–H and O–H groups in total. The summed E-state index contributed by atoms with van der Waals surface area (Å²) in [5.41, 5.74) is 1.06. The number of nitrogens with zero attached hydrogens (tertiary/aromatic N) is 3. The van der Waals surface area contributed by atoms with Crippen LogP contribution in [0.5, 0.6) is 0 Å². The topological polar surface area (TPSA) is 67.4 Å². The summed E-state index contributed by atoms with van der Waals surface area (Å²) in [6.07, 6.45) is 0. The molecule has 2 aromatic rings. The van der Waals surface area contributed by atoms with Crippen molar-refractivity contribution in [2.45, 2.75) is 26.2 Å². The van der Waals surface area contributed by atoms with Gasteiger partial charge in [0.25, 0.3) is 5.91 Å². The molecule has 0 spiro atoms. The number of halogens is 1. The van der Waals surface area contributed by atoms with Crippen LogP contribution >= 0.6 is 0 Å². The van der Waals surface area contributed by atoms with Gasteiger partial charge in [-0.2, -0.15) is 0 Å². The molecule has 1 aliphatic rings. The number of anilines is 1. The van der Waals surface area contributed by atoms with Crippen molar-refractivity contribution in [1.29, 1.82) is 0 Å². The van der Waals surface area contributed by atoms with Crippen molar-refractivity contribution in [3.05, 3.63) is 53.1 Å². The van der Waals surface area contributed by atoms with Crippen LogP contribution in [0.3, 0.4) is 0 Å².